The predicted octanol–water partition coefficient (Wildman–Crippen LogP) is 0.254. The SMILES string of the molecule is C=CCCCOOCC(O)CO. The van der Waals surface area contributed by atoms with E-state index in [0.717, 1.165) is 12.8 Å². The number of rotatable bonds is 8. The minimum absolute atomic E-state index is 0.00455. The Morgan fingerprint density at radius 1 is 1.42 bits per heavy atom. The van der Waals surface area contributed by atoms with E-state index in [1.807, 2.05) is 0 Å². The molecule has 1 unspecified atom stereocenters. The first-order valence-electron chi connectivity index (χ1n) is 3.95. The second-order valence-electron chi connectivity index (χ2n) is 2.37. The van der Waals surface area contributed by atoms with E-state index in [1.54, 1.807) is 6.08 Å². The fraction of sp³-hybridized carbons (Fsp3) is 0.750. The van der Waals surface area contributed by atoms with E-state index < -0.39 is 6.10 Å². The summed E-state index contributed by atoms with van der Waals surface area (Å²) in [5.41, 5.74) is 0. The van der Waals surface area contributed by atoms with Crippen molar-refractivity contribution in [1.82, 2.24) is 0 Å². The molecule has 2 N–H and O–H groups in total. The zero-order valence-corrected chi connectivity index (χ0v) is 7.11. The van der Waals surface area contributed by atoms with Crippen LogP contribution in [0.15, 0.2) is 12.7 Å². The Hall–Kier alpha value is -0.420. The van der Waals surface area contributed by atoms with E-state index in [9.17, 15) is 0 Å². The highest BCUT2D eigenvalue weighted by Crippen LogP contribution is 1.92. The van der Waals surface area contributed by atoms with Gasteiger partial charge in [0.2, 0.25) is 0 Å². The largest absolute Gasteiger partial charge is 0.394 e. The van der Waals surface area contributed by atoms with Gasteiger partial charge in [-0.15, -0.1) is 6.58 Å². The van der Waals surface area contributed by atoms with Gasteiger partial charge in [-0.2, -0.15) is 0 Å². The molecule has 0 rings (SSSR count). The zero-order valence-electron chi connectivity index (χ0n) is 7.11. The van der Waals surface area contributed by atoms with Crippen molar-refractivity contribution in [1.29, 1.82) is 0 Å². The van der Waals surface area contributed by atoms with Crippen molar-refractivity contribution in [2.45, 2.75) is 18.9 Å². The molecule has 4 nitrogen and oxygen atoms in total. The summed E-state index contributed by atoms with van der Waals surface area (Å²) in [4.78, 5) is 9.28. The van der Waals surface area contributed by atoms with E-state index in [-0.39, 0.29) is 13.2 Å². The fourth-order valence-electron chi connectivity index (χ4n) is 0.525. The summed E-state index contributed by atoms with van der Waals surface area (Å²) < 4.78 is 0. The summed E-state index contributed by atoms with van der Waals surface area (Å²) in [5, 5.41) is 17.2. The van der Waals surface area contributed by atoms with Crippen LogP contribution in [-0.4, -0.2) is 36.1 Å². The molecule has 0 aliphatic rings. The van der Waals surface area contributed by atoms with Gasteiger partial charge in [-0.1, -0.05) is 6.08 Å². The standard InChI is InChI=1S/C8H16O4/c1-2-3-4-5-11-12-7-8(10)6-9/h2,8-10H,1,3-7H2. The average molecular weight is 176 g/mol. The molecule has 12 heavy (non-hydrogen) atoms. The zero-order chi connectivity index (χ0) is 9.23. The maximum atomic E-state index is 8.79. The molecule has 0 fully saturated rings. The molecular formula is C8H16O4. The van der Waals surface area contributed by atoms with E-state index >= 15 is 0 Å². The Kier molecular flexibility index (Phi) is 8.37. The van der Waals surface area contributed by atoms with Crippen LogP contribution in [0, 0.1) is 0 Å². The molecule has 0 heterocycles. The minimum atomic E-state index is -0.857. The lowest BCUT2D eigenvalue weighted by molar-refractivity contribution is -0.306. The minimum Gasteiger partial charge on any atom is -0.394 e. The van der Waals surface area contributed by atoms with Crippen LogP contribution in [0.25, 0.3) is 0 Å². The summed E-state index contributed by atoms with van der Waals surface area (Å²) in [7, 11) is 0. The molecule has 0 radical (unpaired) electrons. The highest BCUT2D eigenvalue weighted by Gasteiger charge is 2.00. The maximum absolute atomic E-state index is 8.79. The molecule has 0 amide bonds. The lowest BCUT2D eigenvalue weighted by atomic mass is 10.3. The predicted molar refractivity (Wildman–Crippen MR) is 44.4 cm³/mol. The van der Waals surface area contributed by atoms with Crippen LogP contribution in [0.3, 0.4) is 0 Å². The van der Waals surface area contributed by atoms with Gasteiger partial charge in [0, 0.05) is 0 Å². The van der Waals surface area contributed by atoms with E-state index in [1.165, 1.54) is 0 Å². The van der Waals surface area contributed by atoms with Crippen molar-refractivity contribution >= 4 is 0 Å². The van der Waals surface area contributed by atoms with Crippen LogP contribution >= 0.6 is 0 Å². The first kappa shape index (κ1) is 11.6. The van der Waals surface area contributed by atoms with Crippen LogP contribution in [0.2, 0.25) is 0 Å². The summed E-state index contributed by atoms with van der Waals surface area (Å²) in [5.74, 6) is 0. The lowest BCUT2D eigenvalue weighted by Gasteiger charge is -2.06. The topological polar surface area (TPSA) is 58.9 Å². The molecule has 0 aromatic rings. The summed E-state index contributed by atoms with van der Waals surface area (Å²) in [6.45, 7) is 3.72. The molecule has 4 heteroatoms. The third-order valence-electron chi connectivity index (χ3n) is 1.19. The molecule has 0 aliphatic carbocycles. The van der Waals surface area contributed by atoms with Gasteiger partial charge in [0.1, 0.15) is 12.7 Å². The summed E-state index contributed by atoms with van der Waals surface area (Å²) in [6.07, 6.45) is 2.67. The van der Waals surface area contributed by atoms with Gasteiger partial charge in [-0.05, 0) is 12.8 Å². The van der Waals surface area contributed by atoms with Crippen LogP contribution < -0.4 is 0 Å². The first-order chi connectivity index (χ1) is 5.81. The molecule has 0 bridgehead atoms. The second kappa shape index (κ2) is 8.67. The van der Waals surface area contributed by atoms with Crippen LogP contribution in [-0.2, 0) is 9.78 Å². The highest BCUT2D eigenvalue weighted by atomic mass is 17.2. The number of allylic oxidation sites excluding steroid dienone is 1. The molecule has 72 valence electrons. The number of aliphatic hydroxyl groups excluding tert-OH is 2. The Morgan fingerprint density at radius 3 is 2.75 bits per heavy atom. The number of unbranched alkanes of at least 4 members (excludes halogenated alkanes) is 1. The molecule has 0 spiro atoms. The quantitative estimate of drug-likeness (QED) is 0.241. The van der Waals surface area contributed by atoms with Gasteiger partial charge in [0.25, 0.3) is 0 Å². The van der Waals surface area contributed by atoms with Gasteiger partial charge in [-0.3, -0.25) is 0 Å². The normalized spacial score (nSPS) is 12.8. The molecule has 0 aliphatic heterocycles. The molecule has 0 saturated carbocycles. The smallest absolute Gasteiger partial charge is 0.110 e. The fourth-order valence-corrected chi connectivity index (χ4v) is 0.525. The van der Waals surface area contributed by atoms with Gasteiger partial charge >= 0.3 is 0 Å². The Bertz CT molecular complexity index is 105. The molecule has 0 saturated heterocycles. The first-order valence-corrected chi connectivity index (χ1v) is 3.95. The van der Waals surface area contributed by atoms with E-state index in [2.05, 4.69) is 16.4 Å². The Balaban J connectivity index is 2.95. The van der Waals surface area contributed by atoms with Crippen molar-refractivity contribution < 1.29 is 20.0 Å². The van der Waals surface area contributed by atoms with Crippen LogP contribution in [0.1, 0.15) is 12.8 Å². The number of aliphatic hydroxyl groups is 2. The highest BCUT2D eigenvalue weighted by molar-refractivity contribution is 4.64. The van der Waals surface area contributed by atoms with Crippen molar-refractivity contribution in [2.75, 3.05) is 19.8 Å². The maximum Gasteiger partial charge on any atom is 0.110 e. The molecule has 0 aromatic carbocycles. The summed E-state index contributed by atoms with van der Waals surface area (Å²) >= 11 is 0. The van der Waals surface area contributed by atoms with Gasteiger partial charge in [-0.25, -0.2) is 9.78 Å². The molecule has 1 atom stereocenters. The van der Waals surface area contributed by atoms with E-state index in [4.69, 9.17) is 10.2 Å². The van der Waals surface area contributed by atoms with Crippen molar-refractivity contribution in [3.8, 4) is 0 Å². The third kappa shape index (κ3) is 7.68. The summed E-state index contributed by atoms with van der Waals surface area (Å²) in [6, 6.07) is 0. The lowest BCUT2D eigenvalue weighted by Crippen LogP contribution is -2.19. The molecule has 0 aromatic heterocycles. The van der Waals surface area contributed by atoms with Crippen molar-refractivity contribution in [3.63, 3.8) is 0 Å². The monoisotopic (exact) mass is 176 g/mol. The van der Waals surface area contributed by atoms with Gasteiger partial charge in [0.15, 0.2) is 0 Å². The van der Waals surface area contributed by atoms with Crippen molar-refractivity contribution in [3.05, 3.63) is 12.7 Å². The number of hydrogen-bond acceptors (Lipinski definition) is 4. The van der Waals surface area contributed by atoms with Gasteiger partial charge in [0.05, 0.1) is 13.2 Å². The second-order valence-corrected chi connectivity index (χ2v) is 2.37. The van der Waals surface area contributed by atoms with E-state index in [0.29, 0.717) is 6.61 Å². The van der Waals surface area contributed by atoms with Crippen LogP contribution in [0.5, 0.6) is 0 Å². The van der Waals surface area contributed by atoms with Gasteiger partial charge < -0.3 is 10.2 Å². The number of hydrogen-bond donors (Lipinski definition) is 2. The third-order valence-corrected chi connectivity index (χ3v) is 1.19. The molecular weight excluding hydrogens is 160 g/mol. The Labute approximate surface area is 72.3 Å². The average Bonchev–Trinajstić information content (AvgIpc) is 2.10. The van der Waals surface area contributed by atoms with Crippen molar-refractivity contribution in [2.24, 2.45) is 0 Å². The Morgan fingerprint density at radius 2 is 2.17 bits per heavy atom. The van der Waals surface area contributed by atoms with Crippen LogP contribution in [0.4, 0.5) is 0 Å².